The molecule has 0 radical (unpaired) electrons. The summed E-state index contributed by atoms with van der Waals surface area (Å²) >= 11 is 0. The minimum Gasteiger partial charge on any atom is -0.484 e. The van der Waals surface area contributed by atoms with Gasteiger partial charge in [0.1, 0.15) is 5.75 Å². The van der Waals surface area contributed by atoms with Crippen LogP contribution in [0.5, 0.6) is 5.75 Å². The zero-order valence-corrected chi connectivity index (χ0v) is 13.8. The summed E-state index contributed by atoms with van der Waals surface area (Å²) in [7, 11) is 0. The molecule has 1 amide bonds. The minimum atomic E-state index is -4.45. The van der Waals surface area contributed by atoms with Crippen LogP contribution in [-0.2, 0) is 17.5 Å². The normalized spacial score (nSPS) is 11.4. The maximum atomic E-state index is 12.8. The van der Waals surface area contributed by atoms with Crippen molar-refractivity contribution in [1.82, 2.24) is 20.2 Å². The van der Waals surface area contributed by atoms with Crippen LogP contribution in [0.15, 0.2) is 48.5 Å². The van der Waals surface area contributed by atoms with E-state index in [4.69, 9.17) is 10.5 Å². The van der Waals surface area contributed by atoms with Crippen molar-refractivity contribution in [3.05, 3.63) is 59.7 Å². The van der Waals surface area contributed by atoms with Gasteiger partial charge in [-0.2, -0.15) is 18.0 Å². The second-order valence-electron chi connectivity index (χ2n) is 5.62. The molecule has 0 spiro atoms. The number of halogens is 3. The number of benzene rings is 2. The van der Waals surface area contributed by atoms with E-state index in [0.29, 0.717) is 5.75 Å². The topological polar surface area (TPSA) is 95.9 Å². The second kappa shape index (κ2) is 7.44. The molecule has 0 unspecified atom stereocenters. The van der Waals surface area contributed by atoms with Gasteiger partial charge in [0.05, 0.1) is 12.1 Å². The molecule has 10 heteroatoms. The quantitative estimate of drug-likeness (QED) is 0.711. The molecule has 140 valence electrons. The Bertz CT molecular complexity index is 955. The number of rotatable bonds is 6. The lowest BCUT2D eigenvalue weighted by Gasteiger charge is -2.07. The SMILES string of the molecule is NC(=O)COc1cccc(Cn2nnc(-c3cccc(C(F)(F)F)c3)n2)c1. The zero-order valence-electron chi connectivity index (χ0n) is 13.8. The summed E-state index contributed by atoms with van der Waals surface area (Å²) in [5.41, 5.74) is 5.22. The van der Waals surface area contributed by atoms with E-state index < -0.39 is 17.6 Å². The van der Waals surface area contributed by atoms with Crippen LogP contribution in [-0.4, -0.2) is 32.7 Å². The number of carbonyl (C=O) groups is 1. The molecule has 0 fully saturated rings. The van der Waals surface area contributed by atoms with Gasteiger partial charge in [-0.15, -0.1) is 10.2 Å². The van der Waals surface area contributed by atoms with Crippen molar-refractivity contribution in [2.75, 3.05) is 6.61 Å². The molecule has 3 aromatic rings. The number of aromatic nitrogens is 4. The Balaban J connectivity index is 1.75. The van der Waals surface area contributed by atoms with Crippen molar-refractivity contribution in [1.29, 1.82) is 0 Å². The van der Waals surface area contributed by atoms with Gasteiger partial charge in [-0.25, -0.2) is 0 Å². The van der Waals surface area contributed by atoms with Gasteiger partial charge in [-0.1, -0.05) is 24.3 Å². The summed E-state index contributed by atoms with van der Waals surface area (Å²) in [4.78, 5) is 12.0. The van der Waals surface area contributed by atoms with Crippen molar-refractivity contribution in [2.24, 2.45) is 5.73 Å². The number of tetrazole rings is 1. The Morgan fingerprint density at radius 3 is 2.67 bits per heavy atom. The molecule has 0 saturated carbocycles. The van der Waals surface area contributed by atoms with Crippen molar-refractivity contribution >= 4 is 5.91 Å². The van der Waals surface area contributed by atoms with Crippen molar-refractivity contribution < 1.29 is 22.7 Å². The minimum absolute atomic E-state index is 0.0854. The second-order valence-corrected chi connectivity index (χ2v) is 5.62. The van der Waals surface area contributed by atoms with Gasteiger partial charge in [0.2, 0.25) is 5.82 Å². The number of alkyl halides is 3. The van der Waals surface area contributed by atoms with Crippen LogP contribution < -0.4 is 10.5 Å². The lowest BCUT2D eigenvalue weighted by molar-refractivity contribution is -0.137. The Hall–Kier alpha value is -3.43. The summed E-state index contributed by atoms with van der Waals surface area (Å²) in [6.45, 7) is -0.0234. The summed E-state index contributed by atoms with van der Waals surface area (Å²) in [6.07, 6.45) is -4.45. The fourth-order valence-electron chi connectivity index (χ4n) is 2.31. The van der Waals surface area contributed by atoms with Crippen LogP contribution >= 0.6 is 0 Å². The van der Waals surface area contributed by atoms with Gasteiger partial charge in [0, 0.05) is 5.56 Å². The zero-order chi connectivity index (χ0) is 19.4. The average Bonchev–Trinajstić information content (AvgIpc) is 3.08. The monoisotopic (exact) mass is 377 g/mol. The van der Waals surface area contributed by atoms with Crippen LogP contribution in [0.3, 0.4) is 0 Å². The number of hydrogen-bond acceptors (Lipinski definition) is 5. The molecule has 2 N–H and O–H groups in total. The van der Waals surface area contributed by atoms with E-state index in [9.17, 15) is 18.0 Å². The molecule has 0 aliphatic rings. The van der Waals surface area contributed by atoms with Crippen LogP contribution in [0.25, 0.3) is 11.4 Å². The predicted octanol–water partition coefficient (Wildman–Crippen LogP) is 2.27. The maximum Gasteiger partial charge on any atom is 0.416 e. The number of carbonyl (C=O) groups excluding carboxylic acids is 1. The largest absolute Gasteiger partial charge is 0.484 e. The van der Waals surface area contributed by atoms with Gasteiger partial charge >= 0.3 is 6.18 Å². The molecule has 0 bridgehead atoms. The summed E-state index contributed by atoms with van der Waals surface area (Å²) < 4.78 is 43.7. The van der Waals surface area contributed by atoms with Gasteiger partial charge in [0.25, 0.3) is 5.91 Å². The number of primary amides is 1. The molecule has 27 heavy (non-hydrogen) atoms. The van der Waals surface area contributed by atoms with E-state index in [1.807, 2.05) is 0 Å². The number of nitrogens with zero attached hydrogens (tertiary/aromatic N) is 4. The summed E-state index contributed by atoms with van der Waals surface area (Å²) in [5, 5.41) is 11.8. The molecule has 0 aliphatic heterocycles. The first kappa shape index (κ1) is 18.4. The Morgan fingerprint density at radius 2 is 1.93 bits per heavy atom. The van der Waals surface area contributed by atoms with Crippen molar-refractivity contribution in [2.45, 2.75) is 12.7 Å². The first-order chi connectivity index (χ1) is 12.8. The van der Waals surface area contributed by atoms with Gasteiger partial charge in [0.15, 0.2) is 6.61 Å². The number of amides is 1. The van der Waals surface area contributed by atoms with E-state index in [1.165, 1.54) is 16.9 Å². The predicted molar refractivity (Wildman–Crippen MR) is 88.5 cm³/mol. The first-order valence-corrected chi connectivity index (χ1v) is 7.77. The fraction of sp³-hybridized carbons (Fsp3) is 0.176. The molecule has 0 aliphatic carbocycles. The van der Waals surface area contributed by atoms with E-state index >= 15 is 0 Å². The third-order valence-electron chi connectivity index (χ3n) is 3.50. The van der Waals surface area contributed by atoms with E-state index in [1.54, 1.807) is 24.3 Å². The molecule has 7 nitrogen and oxygen atoms in total. The molecule has 0 saturated heterocycles. The lowest BCUT2D eigenvalue weighted by Crippen LogP contribution is -2.20. The molecule has 1 aromatic heterocycles. The molecular weight excluding hydrogens is 363 g/mol. The molecule has 2 aromatic carbocycles. The molecule has 0 atom stereocenters. The van der Waals surface area contributed by atoms with Gasteiger partial charge in [-0.05, 0) is 35.0 Å². The fourth-order valence-corrected chi connectivity index (χ4v) is 2.31. The highest BCUT2D eigenvalue weighted by Crippen LogP contribution is 2.31. The van der Waals surface area contributed by atoms with E-state index in [-0.39, 0.29) is 24.5 Å². The summed E-state index contributed by atoms with van der Waals surface area (Å²) in [6, 6.07) is 11.6. The van der Waals surface area contributed by atoms with Crippen molar-refractivity contribution in [3.63, 3.8) is 0 Å². The van der Waals surface area contributed by atoms with Gasteiger partial charge in [-0.3, -0.25) is 4.79 Å². The smallest absolute Gasteiger partial charge is 0.416 e. The van der Waals surface area contributed by atoms with Crippen molar-refractivity contribution in [3.8, 4) is 17.1 Å². The Morgan fingerprint density at radius 1 is 1.15 bits per heavy atom. The standard InChI is InChI=1S/C17H14F3N5O2/c18-17(19,20)13-5-2-4-12(8-13)16-22-24-25(23-16)9-11-3-1-6-14(7-11)27-10-15(21)26/h1-8H,9-10H2,(H2,21,26). The van der Waals surface area contributed by atoms with Crippen LogP contribution in [0.2, 0.25) is 0 Å². The lowest BCUT2D eigenvalue weighted by atomic mass is 10.1. The van der Waals surface area contributed by atoms with E-state index in [0.717, 1.165) is 17.7 Å². The van der Waals surface area contributed by atoms with E-state index in [2.05, 4.69) is 15.4 Å². The Kier molecular flexibility index (Phi) is 5.06. The molecule has 3 rings (SSSR count). The molecular formula is C17H14F3N5O2. The highest BCUT2D eigenvalue weighted by Gasteiger charge is 2.30. The van der Waals surface area contributed by atoms with Crippen LogP contribution in [0, 0.1) is 0 Å². The number of hydrogen-bond donors (Lipinski definition) is 1. The first-order valence-electron chi connectivity index (χ1n) is 7.77. The van der Waals surface area contributed by atoms with Crippen LogP contribution in [0.1, 0.15) is 11.1 Å². The number of nitrogens with two attached hydrogens (primary N) is 1. The van der Waals surface area contributed by atoms with Gasteiger partial charge < -0.3 is 10.5 Å². The summed E-state index contributed by atoms with van der Waals surface area (Å²) in [5.74, 6) is -0.0594. The maximum absolute atomic E-state index is 12.8. The van der Waals surface area contributed by atoms with Crippen LogP contribution in [0.4, 0.5) is 13.2 Å². The third-order valence-corrected chi connectivity index (χ3v) is 3.50. The highest BCUT2D eigenvalue weighted by molar-refractivity contribution is 5.75. The average molecular weight is 377 g/mol. The number of ether oxygens (including phenoxy) is 1. The molecule has 1 heterocycles. The third kappa shape index (κ3) is 4.81. The Labute approximate surface area is 151 Å². The highest BCUT2D eigenvalue weighted by atomic mass is 19.4.